The van der Waals surface area contributed by atoms with Crippen molar-refractivity contribution in [2.75, 3.05) is 24.1 Å². The summed E-state index contributed by atoms with van der Waals surface area (Å²) in [7, 11) is 0. The largest absolute Gasteiger partial charge is 0.383 e. The van der Waals surface area contributed by atoms with Crippen LogP contribution in [0.15, 0.2) is 72.0 Å². The average Bonchev–Trinajstić information content (AvgIpc) is 3.88. The smallest absolute Gasteiger partial charge is 0.266 e. The van der Waals surface area contributed by atoms with E-state index in [9.17, 15) is 23.6 Å². The van der Waals surface area contributed by atoms with Gasteiger partial charge in [0.05, 0.1) is 10.9 Å². The fraction of sp³-hybridized carbons (Fsp3) is 0.297. The molecular formula is C37H37FN8O4. The number of rotatable bonds is 8. The molecule has 5 N–H and O–H groups in total. The Bertz CT molecular complexity index is 2200. The molecule has 5 aromatic rings. The van der Waals surface area contributed by atoms with Crippen LogP contribution in [-0.2, 0) is 4.79 Å². The Labute approximate surface area is 286 Å². The number of carbonyl (C=O) groups is 3. The zero-order chi connectivity index (χ0) is 35.3. The molecule has 256 valence electrons. The van der Waals surface area contributed by atoms with E-state index in [0.29, 0.717) is 35.6 Å². The van der Waals surface area contributed by atoms with Crippen LogP contribution in [0.1, 0.15) is 72.5 Å². The van der Waals surface area contributed by atoms with Crippen LogP contribution in [0.3, 0.4) is 0 Å². The Balaban J connectivity index is 1.18. The lowest BCUT2D eigenvalue weighted by Gasteiger charge is -2.34. The van der Waals surface area contributed by atoms with E-state index in [2.05, 4.69) is 19.9 Å². The maximum atomic E-state index is 13.8. The number of fused-ring (bicyclic) bond motifs is 1. The maximum Gasteiger partial charge on any atom is 0.266 e. The monoisotopic (exact) mass is 676 g/mol. The number of pyridine rings is 1. The third kappa shape index (κ3) is 5.99. The number of nitrogens with zero attached hydrogens (tertiary/aromatic N) is 5. The molecule has 50 heavy (non-hydrogen) atoms. The van der Waals surface area contributed by atoms with Crippen molar-refractivity contribution in [1.82, 2.24) is 24.0 Å². The van der Waals surface area contributed by atoms with Gasteiger partial charge in [-0.05, 0) is 61.1 Å². The fourth-order valence-corrected chi connectivity index (χ4v) is 6.84. The van der Waals surface area contributed by atoms with Crippen molar-refractivity contribution in [3.8, 4) is 22.3 Å². The summed E-state index contributed by atoms with van der Waals surface area (Å²) in [6.07, 6.45) is 7.94. The summed E-state index contributed by atoms with van der Waals surface area (Å²) < 4.78 is 17.5. The number of halogens is 1. The van der Waals surface area contributed by atoms with Gasteiger partial charge in [0.1, 0.15) is 34.9 Å². The van der Waals surface area contributed by atoms with Gasteiger partial charge in [-0.2, -0.15) is 0 Å². The molecule has 1 saturated carbocycles. The Morgan fingerprint density at radius 1 is 0.880 bits per heavy atom. The van der Waals surface area contributed by atoms with Crippen LogP contribution in [0, 0.1) is 11.7 Å². The SMILES string of the molecule is CC(C)C(=O)N1CCC(n2cc(-c3ccc(NC(=O)c4cn(C5CC5)c(C(N)=O)c(-c5ccc(F)cc5)c4=O)cc3)c3c(N)ncnc32)CC1. The summed E-state index contributed by atoms with van der Waals surface area (Å²) in [4.78, 5) is 63.3. The third-order valence-electron chi connectivity index (χ3n) is 9.54. The van der Waals surface area contributed by atoms with Crippen LogP contribution in [0.25, 0.3) is 33.3 Å². The number of piperidine rings is 1. The zero-order valence-corrected chi connectivity index (χ0v) is 27.7. The van der Waals surface area contributed by atoms with Gasteiger partial charge >= 0.3 is 0 Å². The van der Waals surface area contributed by atoms with Crippen molar-refractivity contribution in [2.24, 2.45) is 11.7 Å². The molecule has 4 heterocycles. The van der Waals surface area contributed by atoms with Gasteiger partial charge in [-0.1, -0.05) is 38.1 Å². The van der Waals surface area contributed by atoms with Crippen molar-refractivity contribution in [2.45, 2.75) is 51.6 Å². The Morgan fingerprint density at radius 3 is 2.14 bits per heavy atom. The normalized spacial score (nSPS) is 15.1. The first-order valence-electron chi connectivity index (χ1n) is 16.7. The second kappa shape index (κ2) is 12.9. The maximum absolute atomic E-state index is 13.8. The summed E-state index contributed by atoms with van der Waals surface area (Å²) in [6, 6.07) is 12.3. The minimum atomic E-state index is -0.810. The zero-order valence-electron chi connectivity index (χ0n) is 27.7. The molecule has 2 aliphatic rings. The van der Waals surface area contributed by atoms with Crippen molar-refractivity contribution in [3.63, 3.8) is 0 Å². The number of nitrogen functional groups attached to an aromatic ring is 1. The standard InChI is InChI=1S/C37H37FN8O4/c1-20(2)37(50)44-15-13-26(14-16-44)46-17-27(30-33(39)41-19-42-35(30)46)21-5-9-24(10-6-21)43-36(49)28-18-45(25-11-12-25)31(34(40)48)29(32(28)47)22-3-7-23(38)8-4-22/h3-10,17-20,25-26H,11-16H2,1-2H3,(H2,40,48)(H,43,49)(H2,39,41,42). The average molecular weight is 677 g/mol. The lowest BCUT2D eigenvalue weighted by molar-refractivity contribution is -0.135. The van der Waals surface area contributed by atoms with Crippen LogP contribution in [0.5, 0.6) is 0 Å². The van der Waals surface area contributed by atoms with E-state index in [1.807, 2.05) is 37.1 Å². The van der Waals surface area contributed by atoms with Gasteiger partial charge in [0, 0.05) is 54.7 Å². The number of primary amides is 1. The highest BCUT2D eigenvalue weighted by Gasteiger charge is 2.32. The minimum Gasteiger partial charge on any atom is -0.383 e. The molecule has 1 aliphatic carbocycles. The number of aromatic nitrogens is 4. The molecular weight excluding hydrogens is 639 g/mol. The number of benzene rings is 2. The minimum absolute atomic E-state index is 0.0120. The first-order chi connectivity index (χ1) is 24.0. The van der Waals surface area contributed by atoms with Crippen LogP contribution in [0.2, 0.25) is 0 Å². The molecule has 2 fully saturated rings. The molecule has 12 nitrogen and oxygen atoms in total. The van der Waals surface area contributed by atoms with Crippen LogP contribution >= 0.6 is 0 Å². The molecule has 13 heteroatoms. The van der Waals surface area contributed by atoms with Crippen LogP contribution < -0.4 is 22.2 Å². The van der Waals surface area contributed by atoms with Crippen molar-refractivity contribution < 1.29 is 18.8 Å². The highest BCUT2D eigenvalue weighted by molar-refractivity contribution is 6.07. The molecule has 1 aliphatic heterocycles. The molecule has 2 aromatic carbocycles. The van der Waals surface area contributed by atoms with Crippen molar-refractivity contribution in [3.05, 3.63) is 94.5 Å². The highest BCUT2D eigenvalue weighted by Crippen LogP contribution is 2.39. The molecule has 0 spiro atoms. The highest BCUT2D eigenvalue weighted by atomic mass is 19.1. The number of amides is 3. The summed E-state index contributed by atoms with van der Waals surface area (Å²) >= 11 is 0. The number of nitrogens with two attached hydrogens (primary N) is 2. The summed E-state index contributed by atoms with van der Waals surface area (Å²) in [5.74, 6) is -1.52. The first kappa shape index (κ1) is 32.7. The second-order valence-electron chi connectivity index (χ2n) is 13.3. The Morgan fingerprint density at radius 2 is 1.52 bits per heavy atom. The predicted molar refractivity (Wildman–Crippen MR) is 188 cm³/mol. The lowest BCUT2D eigenvalue weighted by atomic mass is 9.99. The number of hydrogen-bond acceptors (Lipinski definition) is 7. The molecule has 3 amide bonds. The predicted octanol–water partition coefficient (Wildman–Crippen LogP) is 5.15. The molecule has 0 atom stereocenters. The van der Waals surface area contributed by atoms with E-state index >= 15 is 0 Å². The van der Waals surface area contributed by atoms with Crippen LogP contribution in [0.4, 0.5) is 15.9 Å². The van der Waals surface area contributed by atoms with Crippen LogP contribution in [-0.4, -0.2) is 54.8 Å². The van der Waals surface area contributed by atoms with Gasteiger partial charge in [0.25, 0.3) is 11.8 Å². The third-order valence-corrected chi connectivity index (χ3v) is 9.54. The second-order valence-corrected chi connectivity index (χ2v) is 13.3. The number of hydrogen-bond donors (Lipinski definition) is 3. The quantitative estimate of drug-likeness (QED) is 0.204. The van der Waals surface area contributed by atoms with E-state index in [1.54, 1.807) is 16.7 Å². The van der Waals surface area contributed by atoms with E-state index in [1.165, 1.54) is 36.8 Å². The van der Waals surface area contributed by atoms with E-state index in [-0.39, 0.29) is 46.3 Å². The fourth-order valence-electron chi connectivity index (χ4n) is 6.84. The first-order valence-corrected chi connectivity index (χ1v) is 16.7. The number of anilines is 2. The molecule has 3 aromatic heterocycles. The van der Waals surface area contributed by atoms with Crippen molar-refractivity contribution in [1.29, 1.82) is 0 Å². The van der Waals surface area contributed by atoms with E-state index in [0.717, 1.165) is 36.8 Å². The van der Waals surface area contributed by atoms with Gasteiger partial charge in [-0.15, -0.1) is 0 Å². The summed E-state index contributed by atoms with van der Waals surface area (Å²) in [6.45, 7) is 5.15. The van der Waals surface area contributed by atoms with Gasteiger partial charge in [-0.25, -0.2) is 14.4 Å². The molecule has 7 rings (SSSR count). The van der Waals surface area contributed by atoms with Gasteiger partial charge in [0.15, 0.2) is 0 Å². The molecule has 0 bridgehead atoms. The topological polar surface area (TPSA) is 171 Å². The summed E-state index contributed by atoms with van der Waals surface area (Å²) in [5.41, 5.74) is 14.3. The number of nitrogens with one attached hydrogen (secondary N) is 1. The van der Waals surface area contributed by atoms with E-state index < -0.39 is 23.1 Å². The lowest BCUT2D eigenvalue weighted by Crippen LogP contribution is -2.41. The molecule has 0 unspecified atom stereocenters. The van der Waals surface area contributed by atoms with Crippen molar-refractivity contribution >= 4 is 40.3 Å². The summed E-state index contributed by atoms with van der Waals surface area (Å²) in [5, 5.41) is 3.53. The molecule has 0 radical (unpaired) electrons. The van der Waals surface area contributed by atoms with Gasteiger partial charge < -0.3 is 30.8 Å². The van der Waals surface area contributed by atoms with Gasteiger partial charge in [0.2, 0.25) is 11.3 Å². The van der Waals surface area contributed by atoms with Gasteiger partial charge in [-0.3, -0.25) is 19.2 Å². The molecule has 1 saturated heterocycles. The Hall–Kier alpha value is -5.85. The Kier molecular flexibility index (Phi) is 8.42. The number of carbonyl (C=O) groups excluding carboxylic acids is 3. The van der Waals surface area contributed by atoms with E-state index in [4.69, 9.17) is 11.5 Å². The number of likely N-dealkylation sites (tertiary alicyclic amines) is 1.